The first-order valence-electron chi connectivity index (χ1n) is 16.8. The number of benzene rings is 3. The van der Waals surface area contributed by atoms with Crippen molar-refractivity contribution in [1.82, 2.24) is 4.90 Å². The Morgan fingerprint density at radius 2 is 1.11 bits per heavy atom. The first kappa shape index (κ1) is 34.6. The highest BCUT2D eigenvalue weighted by molar-refractivity contribution is 6.74. The van der Waals surface area contributed by atoms with E-state index < -0.39 is 22.2 Å². The van der Waals surface area contributed by atoms with Crippen LogP contribution in [0.4, 0.5) is 0 Å². The maximum atomic E-state index is 11.0. The van der Waals surface area contributed by atoms with Crippen molar-refractivity contribution in [3.8, 4) is 5.75 Å². The molecule has 1 aliphatic heterocycles. The van der Waals surface area contributed by atoms with E-state index in [2.05, 4.69) is 131 Å². The molecule has 44 heavy (non-hydrogen) atoms. The minimum absolute atomic E-state index is 0.0302. The predicted molar refractivity (Wildman–Crippen MR) is 187 cm³/mol. The first-order chi connectivity index (χ1) is 21.4. The van der Waals surface area contributed by atoms with Gasteiger partial charge >= 0.3 is 0 Å². The lowest BCUT2D eigenvalue weighted by atomic mass is 9.76. The summed E-state index contributed by atoms with van der Waals surface area (Å²) >= 11 is 0. The van der Waals surface area contributed by atoms with Crippen LogP contribution in [0, 0.1) is 0 Å². The Hall–Kier alpha value is -2.27. The Morgan fingerprint density at radius 3 is 1.52 bits per heavy atom. The molecule has 3 aromatic carbocycles. The lowest BCUT2D eigenvalue weighted by Gasteiger charge is -2.43. The normalized spacial score (nSPS) is 18.5. The molecule has 240 valence electrons. The van der Waals surface area contributed by atoms with E-state index in [-0.39, 0.29) is 24.9 Å². The third-order valence-corrected chi connectivity index (χ3v) is 19.9. The summed E-state index contributed by atoms with van der Waals surface area (Å²) in [5.41, 5.74) is 3.06. The Balaban J connectivity index is 1.90. The van der Waals surface area contributed by atoms with Crippen molar-refractivity contribution >= 4 is 16.6 Å². The minimum atomic E-state index is -2.05. The van der Waals surface area contributed by atoms with Crippen LogP contribution in [0.3, 0.4) is 0 Å². The molecule has 1 fully saturated rings. The smallest absolute Gasteiger partial charge is 0.192 e. The van der Waals surface area contributed by atoms with Crippen LogP contribution in [0.15, 0.2) is 84.9 Å². The second-order valence-corrected chi connectivity index (χ2v) is 21.7. The number of rotatable bonds is 18. The van der Waals surface area contributed by atoms with Gasteiger partial charge in [-0.25, -0.2) is 0 Å². The van der Waals surface area contributed by atoms with Crippen molar-refractivity contribution in [3.63, 3.8) is 0 Å². The molecule has 0 spiro atoms. The third kappa shape index (κ3) is 6.78. The van der Waals surface area contributed by atoms with E-state index >= 15 is 0 Å². The molecular weight excluding hydrogens is 579 g/mol. The summed E-state index contributed by atoms with van der Waals surface area (Å²) in [4.78, 5) is 2.60. The minimum Gasteiger partial charge on any atom is -0.497 e. The molecule has 0 aliphatic carbocycles. The van der Waals surface area contributed by atoms with Gasteiger partial charge in [-0.15, -0.1) is 0 Å². The summed E-state index contributed by atoms with van der Waals surface area (Å²) in [6.07, 6.45) is -0.568. The Morgan fingerprint density at radius 1 is 0.682 bits per heavy atom. The number of methoxy groups -OCH3 is 1. The quantitative estimate of drug-likeness (QED) is 0.0866. The van der Waals surface area contributed by atoms with Gasteiger partial charge in [-0.1, -0.05) is 114 Å². The van der Waals surface area contributed by atoms with Gasteiger partial charge < -0.3 is 18.7 Å². The van der Waals surface area contributed by atoms with E-state index in [1.165, 1.54) is 16.7 Å². The zero-order valence-corrected chi connectivity index (χ0v) is 30.1. The summed E-state index contributed by atoms with van der Waals surface area (Å²) in [5, 5.41) is 11.0. The fourth-order valence-electron chi connectivity index (χ4n) is 7.23. The van der Waals surface area contributed by atoms with Gasteiger partial charge in [0.2, 0.25) is 0 Å². The molecule has 7 heteroatoms. The van der Waals surface area contributed by atoms with Gasteiger partial charge in [0.1, 0.15) is 5.75 Å². The van der Waals surface area contributed by atoms with Gasteiger partial charge in [-0.2, -0.15) is 0 Å². The average molecular weight is 634 g/mol. The van der Waals surface area contributed by atoms with E-state index in [9.17, 15) is 5.11 Å². The Bertz CT molecular complexity index is 1210. The molecule has 4 atom stereocenters. The van der Waals surface area contributed by atoms with E-state index in [1.54, 1.807) is 7.11 Å². The fraction of sp³-hybridized carbons (Fsp3) is 0.514. The number of aliphatic hydroxyl groups excluding tert-OH is 1. The molecule has 0 aromatic heterocycles. The monoisotopic (exact) mass is 633 g/mol. The lowest BCUT2D eigenvalue weighted by molar-refractivity contribution is -0.00608. The summed E-state index contributed by atoms with van der Waals surface area (Å²) in [5.74, 6) is 0.839. The number of hydrogen-bond acceptors (Lipinski definition) is 5. The van der Waals surface area contributed by atoms with Crippen LogP contribution < -0.4 is 4.74 Å². The average Bonchev–Trinajstić information content (AvgIpc) is 3.89. The van der Waals surface area contributed by atoms with Crippen LogP contribution in [-0.4, -0.2) is 65.2 Å². The summed E-state index contributed by atoms with van der Waals surface area (Å²) < 4.78 is 20.1. The molecule has 0 radical (unpaired) electrons. The molecule has 5 nitrogen and oxygen atoms in total. The van der Waals surface area contributed by atoms with Gasteiger partial charge in [-0.05, 0) is 65.1 Å². The highest BCUT2D eigenvalue weighted by Gasteiger charge is 2.58. The van der Waals surface area contributed by atoms with Crippen molar-refractivity contribution < 1.29 is 18.7 Å². The topological polar surface area (TPSA) is 50.9 Å². The van der Waals surface area contributed by atoms with E-state index in [0.29, 0.717) is 0 Å². The highest BCUT2D eigenvalue weighted by atomic mass is 28.4. The molecule has 1 aliphatic rings. The predicted octanol–water partition coefficient (Wildman–Crippen LogP) is 8.44. The first-order valence-corrected chi connectivity index (χ1v) is 21.9. The number of aliphatic hydroxyl groups is 1. The maximum Gasteiger partial charge on any atom is 0.192 e. The Labute approximate surface area is 268 Å². The standard InChI is InChI=1S/C37H55NO4Si2/c1-8-43(9-2,10-3)41-35(29-39)36(42-44(11-4,12-5)13-6)34-28-38(34)37(30-20-16-14-17-21-30,31-22-18-15-19-23-31)32-24-26-33(40-7)27-25-32/h14-27,34-36,39H,8-13,28-29H2,1-7H3/t34-,35+,36+,38?/m0/s1. The zero-order valence-electron chi connectivity index (χ0n) is 28.1. The van der Waals surface area contributed by atoms with E-state index in [0.717, 1.165) is 48.6 Å². The van der Waals surface area contributed by atoms with Crippen LogP contribution in [-0.2, 0) is 14.4 Å². The van der Waals surface area contributed by atoms with Crippen LogP contribution in [0.1, 0.15) is 58.2 Å². The van der Waals surface area contributed by atoms with Gasteiger partial charge in [0.25, 0.3) is 0 Å². The summed E-state index contributed by atoms with van der Waals surface area (Å²) in [6, 6.07) is 36.6. The largest absolute Gasteiger partial charge is 0.497 e. The van der Waals surface area contributed by atoms with Crippen LogP contribution in [0.2, 0.25) is 36.3 Å². The molecular formula is C37H55NO4Si2. The second-order valence-electron chi connectivity index (χ2n) is 12.3. The van der Waals surface area contributed by atoms with E-state index in [1.807, 2.05) is 0 Å². The Kier molecular flexibility index (Phi) is 12.1. The lowest BCUT2D eigenvalue weighted by Crippen LogP contribution is -2.54. The van der Waals surface area contributed by atoms with Crippen LogP contribution in [0.5, 0.6) is 5.75 Å². The molecule has 1 unspecified atom stereocenters. The van der Waals surface area contributed by atoms with Crippen molar-refractivity contribution in [1.29, 1.82) is 0 Å². The van der Waals surface area contributed by atoms with Gasteiger partial charge in [0, 0.05) is 6.54 Å². The van der Waals surface area contributed by atoms with Crippen molar-refractivity contribution in [2.24, 2.45) is 0 Å². The third-order valence-electron chi connectivity index (χ3n) is 10.6. The molecule has 0 bridgehead atoms. The number of nitrogens with zero attached hydrogens (tertiary/aromatic N) is 1. The number of hydrogen-bond donors (Lipinski definition) is 1. The second kappa shape index (κ2) is 15.3. The van der Waals surface area contributed by atoms with Crippen molar-refractivity contribution in [2.45, 2.75) is 102 Å². The zero-order chi connectivity index (χ0) is 31.8. The van der Waals surface area contributed by atoms with Crippen LogP contribution >= 0.6 is 0 Å². The maximum absolute atomic E-state index is 11.0. The molecule has 4 rings (SSSR count). The van der Waals surface area contributed by atoms with Gasteiger partial charge in [-0.3, -0.25) is 4.90 Å². The molecule has 0 saturated carbocycles. The summed E-state index contributed by atoms with van der Waals surface area (Å²) in [6.45, 7) is 14.5. The SMILES string of the molecule is CC[Si](CC)(CC)O[C@@H]([C@@H](CO)O[Si](CC)(CC)CC)[C@@H]1CN1C(c1ccccc1)(c1ccccc1)c1ccc(OC)cc1. The number of ether oxygens (including phenoxy) is 1. The van der Waals surface area contributed by atoms with Crippen molar-refractivity contribution in [2.75, 3.05) is 20.3 Å². The van der Waals surface area contributed by atoms with E-state index in [4.69, 9.17) is 13.6 Å². The molecule has 1 N–H and O–H groups in total. The summed E-state index contributed by atoms with van der Waals surface area (Å²) in [7, 11) is -2.35. The van der Waals surface area contributed by atoms with Gasteiger partial charge in [0.05, 0.1) is 37.5 Å². The van der Waals surface area contributed by atoms with Gasteiger partial charge in [0.15, 0.2) is 16.6 Å². The molecule has 1 heterocycles. The molecule has 3 aromatic rings. The van der Waals surface area contributed by atoms with Crippen LogP contribution in [0.25, 0.3) is 0 Å². The highest BCUT2D eigenvalue weighted by Crippen LogP contribution is 2.50. The fourth-order valence-corrected chi connectivity index (χ4v) is 13.0. The molecule has 1 saturated heterocycles. The van der Waals surface area contributed by atoms with Crippen molar-refractivity contribution in [3.05, 3.63) is 102 Å². The molecule has 0 amide bonds.